The molecule has 3 aliphatic carbocycles. The highest BCUT2D eigenvalue weighted by atomic mass is 32.2. The second kappa shape index (κ2) is 42.9. The van der Waals surface area contributed by atoms with Crippen molar-refractivity contribution in [3.05, 3.63) is 197 Å². The highest BCUT2D eigenvalue weighted by Gasteiger charge is 2.30. The molecule has 28 nitrogen and oxygen atoms in total. The minimum atomic E-state index is -2.30. The first-order valence-electron chi connectivity index (χ1n) is 46.1. The topological polar surface area (TPSA) is 292 Å². The first-order valence-corrected chi connectivity index (χ1v) is 58.5. The van der Waals surface area contributed by atoms with Gasteiger partial charge in [-0.2, -0.15) is 8.73 Å². The van der Waals surface area contributed by atoms with Crippen LogP contribution >= 0.6 is 0 Å². The fraction of sp³-hybridized carbons (Fsp3) is 0.408. The van der Waals surface area contributed by atoms with E-state index in [9.17, 15) is 8.42 Å². The molecule has 1 aromatic carbocycles. The third kappa shape index (κ3) is 26.0. The van der Waals surface area contributed by atoms with Gasteiger partial charge in [0.1, 0.15) is 12.1 Å². The second-order valence-corrected chi connectivity index (χ2v) is 52.3. The number of methoxy groups -OCH3 is 1. The Morgan fingerprint density at radius 1 is 0.419 bits per heavy atom. The van der Waals surface area contributed by atoms with Crippen LogP contribution in [0.1, 0.15) is 100 Å². The number of piperidine rings is 1. The summed E-state index contributed by atoms with van der Waals surface area (Å²) in [6, 6.07) is 40.4. The van der Waals surface area contributed by atoms with Gasteiger partial charge in [-0.1, -0.05) is 65.7 Å². The van der Waals surface area contributed by atoms with Gasteiger partial charge in [0.15, 0.2) is 29.1 Å². The van der Waals surface area contributed by atoms with Crippen molar-refractivity contribution in [2.24, 2.45) is 21.8 Å². The molecule has 0 spiro atoms. The van der Waals surface area contributed by atoms with Gasteiger partial charge in [0.25, 0.3) is 0 Å². The lowest BCUT2D eigenvalue weighted by atomic mass is 10.0. The van der Waals surface area contributed by atoms with Gasteiger partial charge in [0, 0.05) is 261 Å². The summed E-state index contributed by atoms with van der Waals surface area (Å²) in [6.07, 6.45) is 43.3. The Morgan fingerprint density at radius 3 is 1.32 bits per heavy atom. The zero-order chi connectivity index (χ0) is 96.5. The average molecular weight is 1940 g/mol. The number of benzene rings is 1. The highest BCUT2D eigenvalue weighted by molar-refractivity contribution is 8.01. The van der Waals surface area contributed by atoms with Crippen molar-refractivity contribution in [2.75, 3.05) is 180 Å². The summed E-state index contributed by atoms with van der Waals surface area (Å²) in [5.41, 5.74) is 24.2. The van der Waals surface area contributed by atoms with Crippen LogP contribution in [0, 0.1) is 6.92 Å². The number of hydrogen-bond donors (Lipinski definition) is 0. The first-order chi connectivity index (χ1) is 64.8. The lowest BCUT2D eigenvalue weighted by molar-refractivity contribution is 0.0989. The average Bonchev–Trinajstić information content (AvgIpc) is 1.43. The number of ether oxygens (including phenoxy) is 5. The minimum Gasteiger partial charge on any atom is -0.481 e. The normalized spacial score (nSPS) is 18.7. The monoisotopic (exact) mass is 1930 g/mol. The summed E-state index contributed by atoms with van der Waals surface area (Å²) in [6.45, 7) is 25.3. The van der Waals surface area contributed by atoms with Crippen molar-refractivity contribution in [3.63, 3.8) is 0 Å². The van der Waals surface area contributed by atoms with E-state index in [-0.39, 0.29) is 6.04 Å². The molecule has 136 heavy (non-hydrogen) atoms. The molecule has 0 N–H and O–H groups in total. The zero-order valence-electron chi connectivity index (χ0n) is 81.9. The predicted octanol–water partition coefficient (Wildman–Crippen LogP) is 18.4. The standard InChI is InChI=1S/C22H28N4O2S.C22H28N4OS.C21H26N4OS.C20H25N5OS.C18H24N4O2S/c1-15-14-28-10-9-26(15)16-11-20(23-21(12-16)25-29(3,4)5)18-13-22(27-2)24-19-8-6-7-17(18)19;1-15-10-19-18(6-7-23-20(19)11-15)21-12-17(26-8-9-27-14-16(26)2)13-22(24-21)25-28(3,4)5;1-15-14-26-11-10-25(15)16-12-20(23-21(13-16)24-27(2,3)4)18-8-9-22-19-7-5-6-17(18)19;1-15-8-6-7-11-24(15)16-12-19(23-27(2,3)26)22-20(13-16)25-14-21-17-9-4-5-10-18(17)25;1-13-9-15(5-6-19-13)17-10-16(22-7-8-24-12-14(22)2)11-18(20-17)21-25(3,4)23/h6-7,11-13,15H,3,8-10,14H2,1-2,4-5H3;6-7,10,12-13,16H,3,8-9,11,14H2,1-2,4-5H3;5-6,8-9,12-13,15H,2,7,10-11,14H2,1,3-4H3;4-5,9-10,12-15H,6-8,11H2,1-3H3;5-6,9-11,14H,7-8,12H2,1-4H3/t15-;16-;2*15-;14-/m11111/s1. The maximum Gasteiger partial charge on any atom is 0.213 e. The van der Waals surface area contributed by atoms with Crippen molar-refractivity contribution in [3.8, 4) is 56.7 Å². The van der Waals surface area contributed by atoms with Crippen molar-refractivity contribution in [2.45, 2.75) is 117 Å². The number of aromatic nitrogens is 11. The minimum absolute atomic E-state index is 0.267. The third-order valence-corrected chi connectivity index (χ3v) is 27.1. The second-order valence-electron chi connectivity index (χ2n) is 37.8. The quantitative estimate of drug-likeness (QED) is 0.0812. The van der Waals surface area contributed by atoms with Crippen LogP contribution in [-0.4, -0.2) is 266 Å². The third-order valence-electron chi connectivity index (χ3n) is 23.8. The van der Waals surface area contributed by atoms with Gasteiger partial charge in [-0.3, -0.25) is 19.5 Å². The number of fused-ring (bicyclic) bond motifs is 4. The SMILES string of the molecule is C=S(C)(C)=Nc1cc(N2CCOC[C@H]2C)cc(-c2cc(OC)nc3c2C=CC3)n1.C=S(C)(C)=Nc1cc(N2CCOC[C@H]2C)cc(-c2ccnc3c2C=C(C)C3)n1.C=S(C)(C)=Nc1cc(N2CCOC[C@H]2C)cc(-c2ccnc3c2C=CC3)n1.C[C@@H]1CCCCN1c1cc(N=S(C)(C)=O)nc(-n2cnc3ccccc32)c1.Cc1cc(-c2cc(N3CCOC[C@H]3C)cc(N=S(C)(C)=O)n2)ccn1. The van der Waals surface area contributed by atoms with Gasteiger partial charge >= 0.3 is 0 Å². The van der Waals surface area contributed by atoms with E-state index in [0.717, 1.165) is 228 Å². The van der Waals surface area contributed by atoms with Gasteiger partial charge in [-0.05, 0) is 166 Å². The molecule has 720 valence electrons. The molecule has 0 amide bonds. The van der Waals surface area contributed by atoms with E-state index in [1.807, 2.05) is 78.5 Å². The molecule has 0 radical (unpaired) electrons. The Labute approximate surface area is 805 Å². The fourth-order valence-electron chi connectivity index (χ4n) is 17.7. The summed E-state index contributed by atoms with van der Waals surface area (Å²) in [5, 5.41) is 0. The van der Waals surface area contributed by atoms with Crippen LogP contribution in [0.4, 0.5) is 57.5 Å². The van der Waals surface area contributed by atoms with Gasteiger partial charge in [0.05, 0.1) is 111 Å². The number of anilines is 5. The maximum atomic E-state index is 12.3. The van der Waals surface area contributed by atoms with Crippen molar-refractivity contribution in [1.82, 2.24) is 54.4 Å². The van der Waals surface area contributed by atoms with E-state index >= 15 is 0 Å². The number of para-hydroxylation sites is 2. The maximum absolute atomic E-state index is 12.3. The molecule has 5 saturated heterocycles. The zero-order valence-corrected chi connectivity index (χ0v) is 86.0. The largest absolute Gasteiger partial charge is 0.481 e. The van der Waals surface area contributed by atoms with Crippen LogP contribution in [0.3, 0.4) is 0 Å². The molecule has 5 aliphatic heterocycles. The molecule has 19 rings (SSSR count). The van der Waals surface area contributed by atoms with Crippen molar-refractivity contribution in [1.29, 1.82) is 0 Å². The number of imidazole rings is 1. The molecule has 0 bridgehead atoms. The molecule has 5 atom stereocenters. The van der Waals surface area contributed by atoms with E-state index in [1.165, 1.54) is 36.0 Å². The molecular formula is C103H131N21O7S5. The smallest absolute Gasteiger partial charge is 0.213 e. The number of pyridine rings is 9. The van der Waals surface area contributed by atoms with Crippen LogP contribution < -0.4 is 29.2 Å². The lowest BCUT2D eigenvalue weighted by Gasteiger charge is -2.35. The number of aryl methyl sites for hydroxylation is 1. The number of rotatable bonds is 16. The summed E-state index contributed by atoms with van der Waals surface area (Å²) in [4.78, 5) is 58.2. The predicted molar refractivity (Wildman–Crippen MR) is 573 cm³/mol. The summed E-state index contributed by atoms with van der Waals surface area (Å²) < 4.78 is 77.5. The van der Waals surface area contributed by atoms with Gasteiger partial charge in [0.2, 0.25) is 5.88 Å². The highest BCUT2D eigenvalue weighted by Crippen LogP contribution is 2.42. The number of nitrogens with zero attached hydrogens (tertiary/aromatic N) is 21. The molecule has 8 aliphatic rings. The van der Waals surface area contributed by atoms with Gasteiger partial charge in [-0.15, -0.1) is 28.2 Å². The molecule has 15 heterocycles. The molecule has 10 aromatic heterocycles. The summed E-state index contributed by atoms with van der Waals surface area (Å²) in [5.74, 6) is 17.2. The molecule has 11 aromatic rings. The van der Waals surface area contributed by atoms with E-state index in [1.54, 1.807) is 44.7 Å². The Bertz CT molecular complexity index is 7050. The van der Waals surface area contributed by atoms with E-state index in [0.29, 0.717) is 54.9 Å². The molecule has 0 unspecified atom stereocenters. The Morgan fingerprint density at radius 2 is 0.846 bits per heavy atom. The number of morpholine rings is 4. The van der Waals surface area contributed by atoms with E-state index in [4.69, 9.17) is 51.7 Å². The lowest BCUT2D eigenvalue weighted by Crippen LogP contribution is -2.43. The summed E-state index contributed by atoms with van der Waals surface area (Å²) in [7, 11) is -6.90. The molecule has 33 heteroatoms. The van der Waals surface area contributed by atoms with Gasteiger partial charge < -0.3 is 48.2 Å². The van der Waals surface area contributed by atoms with Crippen molar-refractivity contribution < 1.29 is 32.1 Å². The van der Waals surface area contributed by atoms with Crippen molar-refractivity contribution >= 4 is 152 Å². The molecule has 0 saturated carbocycles. The van der Waals surface area contributed by atoms with Crippen LogP contribution in [0.25, 0.3) is 80.1 Å². The van der Waals surface area contributed by atoms with Crippen LogP contribution in [0.5, 0.6) is 5.88 Å². The van der Waals surface area contributed by atoms with Crippen LogP contribution in [0.15, 0.2) is 180 Å². The fourth-order valence-corrected chi connectivity index (χ4v) is 20.6. The van der Waals surface area contributed by atoms with Crippen LogP contribution in [-0.2, 0) is 85.9 Å². The van der Waals surface area contributed by atoms with Gasteiger partial charge in [-0.25, -0.2) is 56.4 Å². The van der Waals surface area contributed by atoms with E-state index < -0.39 is 47.7 Å². The molecular weight excluding hydrogens is 1800 g/mol. The first kappa shape index (κ1) is 99.3. The van der Waals surface area contributed by atoms with E-state index in [2.05, 4.69) is 256 Å². The van der Waals surface area contributed by atoms with Crippen LogP contribution in [0.2, 0.25) is 0 Å². The molecule has 5 fully saturated rings. The number of hydrogen-bond acceptors (Lipinski definition) is 27. The number of allylic oxidation sites excluding steroid dienone is 3. The Kier molecular flexibility index (Phi) is 31.3. The Hall–Kier alpha value is -11.1. The Balaban J connectivity index is 0.000000129. The summed E-state index contributed by atoms with van der Waals surface area (Å²) >= 11 is 0.